The van der Waals surface area contributed by atoms with Gasteiger partial charge in [0.05, 0.1) is 0 Å². The molecule has 0 unspecified atom stereocenters. The number of benzene rings is 1. The van der Waals surface area contributed by atoms with Gasteiger partial charge in [0.25, 0.3) is 0 Å². The standard InChI is InChI=1S/C18H24FN5O.HI/c19-14-10-8-13(9-11-14)17-23-16(25-24-17)7-4-12-21-18(20)22-15-5-2-1-3-6-15;/h8-11,15H,1-7,12H2,(H3,20,21,22);1H. The van der Waals surface area contributed by atoms with Crippen LogP contribution >= 0.6 is 24.0 Å². The molecule has 142 valence electrons. The van der Waals surface area contributed by atoms with Gasteiger partial charge in [-0.3, -0.25) is 4.99 Å². The fourth-order valence-corrected chi connectivity index (χ4v) is 3.00. The second-order valence-corrected chi connectivity index (χ2v) is 6.37. The van der Waals surface area contributed by atoms with Gasteiger partial charge in [0.2, 0.25) is 11.7 Å². The molecule has 6 nitrogen and oxygen atoms in total. The maximum atomic E-state index is 12.9. The van der Waals surface area contributed by atoms with E-state index in [9.17, 15) is 4.39 Å². The van der Waals surface area contributed by atoms with E-state index in [0.717, 1.165) is 12.0 Å². The highest BCUT2D eigenvalue weighted by Crippen LogP contribution is 2.17. The third-order valence-corrected chi connectivity index (χ3v) is 4.36. The Morgan fingerprint density at radius 3 is 2.69 bits per heavy atom. The van der Waals surface area contributed by atoms with Gasteiger partial charge in [0.15, 0.2) is 5.96 Å². The summed E-state index contributed by atoms with van der Waals surface area (Å²) >= 11 is 0. The zero-order valence-electron chi connectivity index (χ0n) is 14.7. The Labute approximate surface area is 169 Å². The SMILES string of the molecule is I.NC(=NCCCc1nc(-c2ccc(F)cc2)no1)NC1CCCCC1. The molecule has 3 rings (SSSR count). The van der Waals surface area contributed by atoms with E-state index < -0.39 is 0 Å². The number of aromatic nitrogens is 2. The molecule has 8 heteroatoms. The number of halogens is 2. The van der Waals surface area contributed by atoms with Crippen molar-refractivity contribution in [1.29, 1.82) is 0 Å². The van der Waals surface area contributed by atoms with Crippen LogP contribution in [0.3, 0.4) is 0 Å². The van der Waals surface area contributed by atoms with E-state index in [1.54, 1.807) is 12.1 Å². The van der Waals surface area contributed by atoms with Crippen molar-refractivity contribution in [2.45, 2.75) is 51.0 Å². The second-order valence-electron chi connectivity index (χ2n) is 6.37. The van der Waals surface area contributed by atoms with E-state index in [4.69, 9.17) is 10.3 Å². The Morgan fingerprint density at radius 2 is 1.96 bits per heavy atom. The van der Waals surface area contributed by atoms with Crippen molar-refractivity contribution < 1.29 is 8.91 Å². The first-order valence-corrected chi connectivity index (χ1v) is 8.86. The van der Waals surface area contributed by atoms with Gasteiger partial charge in [-0.15, -0.1) is 24.0 Å². The number of guanidine groups is 1. The lowest BCUT2D eigenvalue weighted by Crippen LogP contribution is -2.41. The van der Waals surface area contributed by atoms with Crippen LogP contribution in [0, 0.1) is 5.82 Å². The average molecular weight is 473 g/mol. The van der Waals surface area contributed by atoms with Crippen LogP contribution in [0.1, 0.15) is 44.4 Å². The van der Waals surface area contributed by atoms with Crippen LogP contribution in [0.2, 0.25) is 0 Å². The van der Waals surface area contributed by atoms with E-state index in [1.807, 2.05) is 0 Å². The molecule has 26 heavy (non-hydrogen) atoms. The van der Waals surface area contributed by atoms with Gasteiger partial charge < -0.3 is 15.6 Å². The van der Waals surface area contributed by atoms with E-state index in [2.05, 4.69) is 20.4 Å². The fourth-order valence-electron chi connectivity index (χ4n) is 3.00. The first-order chi connectivity index (χ1) is 12.2. The number of nitrogens with one attached hydrogen (secondary N) is 1. The summed E-state index contributed by atoms with van der Waals surface area (Å²) in [6.07, 6.45) is 7.59. The average Bonchev–Trinajstić information content (AvgIpc) is 3.09. The maximum absolute atomic E-state index is 12.9. The zero-order chi connectivity index (χ0) is 17.5. The lowest BCUT2D eigenvalue weighted by Gasteiger charge is -2.23. The monoisotopic (exact) mass is 473 g/mol. The molecule has 3 N–H and O–H groups in total. The topological polar surface area (TPSA) is 89.3 Å². The summed E-state index contributed by atoms with van der Waals surface area (Å²) < 4.78 is 18.2. The highest BCUT2D eigenvalue weighted by Gasteiger charge is 2.13. The number of nitrogens with two attached hydrogens (primary N) is 1. The number of aliphatic imine (C=N–C) groups is 1. The summed E-state index contributed by atoms with van der Waals surface area (Å²) in [5.74, 6) is 1.25. The van der Waals surface area contributed by atoms with E-state index in [-0.39, 0.29) is 29.8 Å². The predicted octanol–water partition coefficient (Wildman–Crippen LogP) is 3.66. The van der Waals surface area contributed by atoms with E-state index in [1.165, 1.54) is 44.2 Å². The summed E-state index contributed by atoms with van der Waals surface area (Å²) in [4.78, 5) is 8.68. The van der Waals surface area contributed by atoms with Crippen LogP contribution in [0.15, 0.2) is 33.8 Å². The summed E-state index contributed by atoms with van der Waals surface area (Å²) in [6, 6.07) is 6.48. The molecule has 1 aliphatic carbocycles. The van der Waals surface area contributed by atoms with Crippen LogP contribution in [-0.4, -0.2) is 28.7 Å². The molecule has 1 aromatic heterocycles. The summed E-state index contributed by atoms with van der Waals surface area (Å²) in [6.45, 7) is 0.611. The molecule has 0 saturated heterocycles. The fraction of sp³-hybridized carbons (Fsp3) is 0.500. The van der Waals surface area contributed by atoms with E-state index in [0.29, 0.717) is 36.7 Å². The van der Waals surface area contributed by atoms with Gasteiger partial charge in [-0.1, -0.05) is 24.4 Å². The normalized spacial score (nSPS) is 15.5. The molecule has 0 amide bonds. The zero-order valence-corrected chi connectivity index (χ0v) is 17.0. The predicted molar refractivity (Wildman–Crippen MR) is 110 cm³/mol. The van der Waals surface area contributed by atoms with Gasteiger partial charge in [0, 0.05) is 24.6 Å². The van der Waals surface area contributed by atoms with Crippen molar-refractivity contribution in [3.05, 3.63) is 36.0 Å². The Bertz CT molecular complexity index is 698. The molecule has 0 spiro atoms. The lowest BCUT2D eigenvalue weighted by atomic mass is 9.96. The van der Waals surface area contributed by atoms with Crippen LogP contribution in [0.5, 0.6) is 0 Å². The molecule has 0 aliphatic heterocycles. The van der Waals surface area contributed by atoms with Crippen LogP contribution in [0.4, 0.5) is 4.39 Å². The van der Waals surface area contributed by atoms with Crippen molar-refractivity contribution >= 4 is 29.9 Å². The number of hydrogen-bond acceptors (Lipinski definition) is 4. The van der Waals surface area contributed by atoms with Crippen molar-refractivity contribution in [3.8, 4) is 11.4 Å². The molecule has 1 fully saturated rings. The Hall–Kier alpha value is -1.71. The van der Waals surface area contributed by atoms with Crippen molar-refractivity contribution in [2.75, 3.05) is 6.54 Å². The largest absolute Gasteiger partial charge is 0.370 e. The quantitative estimate of drug-likeness (QED) is 0.289. The van der Waals surface area contributed by atoms with Crippen molar-refractivity contribution in [2.24, 2.45) is 10.7 Å². The minimum Gasteiger partial charge on any atom is -0.370 e. The minimum absolute atomic E-state index is 0. The van der Waals surface area contributed by atoms with Crippen LogP contribution < -0.4 is 11.1 Å². The Morgan fingerprint density at radius 1 is 1.23 bits per heavy atom. The molecule has 1 heterocycles. The molecule has 0 atom stereocenters. The molecule has 1 aromatic carbocycles. The molecule has 1 saturated carbocycles. The van der Waals surface area contributed by atoms with Crippen molar-refractivity contribution in [1.82, 2.24) is 15.5 Å². The molecule has 0 bridgehead atoms. The van der Waals surface area contributed by atoms with Gasteiger partial charge in [-0.2, -0.15) is 4.98 Å². The molecule has 2 aromatic rings. The summed E-state index contributed by atoms with van der Waals surface area (Å²) in [7, 11) is 0. The maximum Gasteiger partial charge on any atom is 0.227 e. The first-order valence-electron chi connectivity index (χ1n) is 8.86. The third-order valence-electron chi connectivity index (χ3n) is 4.36. The third kappa shape index (κ3) is 6.22. The lowest BCUT2D eigenvalue weighted by molar-refractivity contribution is 0.376. The Kier molecular flexibility index (Phi) is 8.27. The van der Waals surface area contributed by atoms with Crippen LogP contribution in [0.25, 0.3) is 11.4 Å². The molecular weight excluding hydrogens is 448 g/mol. The van der Waals surface area contributed by atoms with Gasteiger partial charge in [-0.25, -0.2) is 4.39 Å². The van der Waals surface area contributed by atoms with Crippen molar-refractivity contribution in [3.63, 3.8) is 0 Å². The number of nitrogens with zero attached hydrogens (tertiary/aromatic N) is 3. The highest BCUT2D eigenvalue weighted by atomic mass is 127. The molecule has 1 aliphatic rings. The van der Waals surface area contributed by atoms with Gasteiger partial charge in [0.1, 0.15) is 5.82 Å². The van der Waals surface area contributed by atoms with E-state index >= 15 is 0 Å². The summed E-state index contributed by atoms with van der Waals surface area (Å²) in [5, 5.41) is 7.22. The second kappa shape index (κ2) is 10.4. The van der Waals surface area contributed by atoms with Gasteiger partial charge in [-0.05, 0) is 43.5 Å². The minimum atomic E-state index is -0.287. The van der Waals surface area contributed by atoms with Crippen LogP contribution in [-0.2, 0) is 6.42 Å². The first kappa shape index (κ1) is 20.6. The van der Waals surface area contributed by atoms with Gasteiger partial charge >= 0.3 is 0 Å². The Balaban J connectivity index is 0.00000243. The molecular formula is C18H25FIN5O. The summed E-state index contributed by atoms with van der Waals surface area (Å²) in [5.41, 5.74) is 6.66. The number of hydrogen-bond donors (Lipinski definition) is 2. The molecule has 0 radical (unpaired) electrons. The number of aryl methyl sites for hydroxylation is 1. The highest BCUT2D eigenvalue weighted by molar-refractivity contribution is 14.0. The smallest absolute Gasteiger partial charge is 0.227 e. The number of rotatable bonds is 6.